The van der Waals surface area contributed by atoms with E-state index in [-0.39, 0.29) is 0 Å². The molecule has 0 spiro atoms. The van der Waals surface area contributed by atoms with Gasteiger partial charge in [0.2, 0.25) is 0 Å². The van der Waals surface area contributed by atoms with E-state index in [4.69, 9.17) is 4.42 Å². The minimum absolute atomic E-state index is 0.788. The number of H-pyrrole nitrogens is 1. The van der Waals surface area contributed by atoms with E-state index in [1.54, 1.807) is 6.26 Å². The monoisotopic (exact) mass is 239 g/mol. The Kier molecular flexibility index (Phi) is 2.61. The van der Waals surface area contributed by atoms with Gasteiger partial charge in [-0.2, -0.15) is 5.10 Å². The number of nitrogens with zero attached hydrogens (tertiary/aromatic N) is 1. The zero-order valence-corrected chi connectivity index (χ0v) is 9.97. The number of aromatic amines is 1. The fourth-order valence-corrected chi connectivity index (χ4v) is 1.94. The van der Waals surface area contributed by atoms with Crippen molar-refractivity contribution in [2.24, 2.45) is 0 Å². The van der Waals surface area contributed by atoms with Crippen LogP contribution in [0, 0.1) is 0 Å². The second kappa shape index (κ2) is 4.41. The zero-order valence-electron chi connectivity index (χ0n) is 9.97. The molecule has 0 saturated heterocycles. The van der Waals surface area contributed by atoms with Gasteiger partial charge in [0.15, 0.2) is 5.76 Å². The summed E-state index contributed by atoms with van der Waals surface area (Å²) in [5.41, 5.74) is 3.89. The van der Waals surface area contributed by atoms with Gasteiger partial charge in [-0.15, -0.1) is 0 Å². The van der Waals surface area contributed by atoms with Crippen molar-refractivity contribution in [2.75, 3.05) is 12.4 Å². The first-order chi connectivity index (χ1) is 8.88. The predicted octanol–water partition coefficient (Wildman–Crippen LogP) is 3.38. The molecule has 3 rings (SSSR count). The topological polar surface area (TPSA) is 53.9 Å². The van der Waals surface area contributed by atoms with Crippen molar-refractivity contribution < 1.29 is 4.42 Å². The normalized spacial score (nSPS) is 10.5. The maximum absolute atomic E-state index is 5.34. The first kappa shape index (κ1) is 10.7. The van der Waals surface area contributed by atoms with E-state index in [1.807, 2.05) is 49.5 Å². The summed E-state index contributed by atoms with van der Waals surface area (Å²) in [6.45, 7) is 0. The molecule has 0 bridgehead atoms. The molecule has 90 valence electrons. The third kappa shape index (κ3) is 1.78. The Hall–Kier alpha value is -2.49. The predicted molar refractivity (Wildman–Crippen MR) is 71.3 cm³/mol. The SMILES string of the molecule is CNc1ccccc1-c1cc(-c2ccco2)[nH]n1. The largest absolute Gasteiger partial charge is 0.463 e. The van der Waals surface area contributed by atoms with Crippen molar-refractivity contribution in [1.29, 1.82) is 0 Å². The van der Waals surface area contributed by atoms with Crippen LogP contribution >= 0.6 is 0 Å². The van der Waals surface area contributed by atoms with Gasteiger partial charge in [-0.05, 0) is 24.3 Å². The first-order valence-electron chi connectivity index (χ1n) is 5.75. The summed E-state index contributed by atoms with van der Waals surface area (Å²) in [4.78, 5) is 0. The Balaban J connectivity index is 2.03. The molecule has 2 aromatic heterocycles. The minimum Gasteiger partial charge on any atom is -0.463 e. The number of benzene rings is 1. The van der Waals surface area contributed by atoms with Crippen LogP contribution in [0.3, 0.4) is 0 Å². The number of rotatable bonds is 3. The Morgan fingerprint density at radius 1 is 1.17 bits per heavy atom. The number of para-hydroxylation sites is 1. The average molecular weight is 239 g/mol. The van der Waals surface area contributed by atoms with Gasteiger partial charge >= 0.3 is 0 Å². The highest BCUT2D eigenvalue weighted by Crippen LogP contribution is 2.28. The van der Waals surface area contributed by atoms with Crippen molar-refractivity contribution in [2.45, 2.75) is 0 Å². The highest BCUT2D eigenvalue weighted by molar-refractivity contribution is 5.77. The maximum Gasteiger partial charge on any atom is 0.151 e. The van der Waals surface area contributed by atoms with Crippen LogP contribution in [0.2, 0.25) is 0 Å². The summed E-state index contributed by atoms with van der Waals surface area (Å²) in [5.74, 6) is 0.788. The first-order valence-corrected chi connectivity index (χ1v) is 5.75. The number of furan rings is 1. The van der Waals surface area contributed by atoms with Crippen LogP contribution in [-0.2, 0) is 0 Å². The lowest BCUT2D eigenvalue weighted by atomic mass is 10.1. The standard InChI is InChI=1S/C14H13N3O/c1-15-11-6-3-2-5-10(11)12-9-13(17-16-12)14-7-4-8-18-14/h2-9,15H,1H3,(H,16,17). The molecule has 2 heterocycles. The van der Waals surface area contributed by atoms with Crippen LogP contribution in [0.4, 0.5) is 5.69 Å². The summed E-state index contributed by atoms with van der Waals surface area (Å²) in [6.07, 6.45) is 1.65. The highest BCUT2D eigenvalue weighted by Gasteiger charge is 2.09. The Labute approximate surface area is 105 Å². The molecule has 4 heteroatoms. The average Bonchev–Trinajstić information content (AvgIpc) is 3.09. The van der Waals surface area contributed by atoms with Gasteiger partial charge in [0, 0.05) is 18.3 Å². The lowest BCUT2D eigenvalue weighted by molar-refractivity contribution is 0.580. The second-order valence-corrected chi connectivity index (χ2v) is 3.94. The van der Waals surface area contributed by atoms with Crippen molar-refractivity contribution in [3.8, 4) is 22.7 Å². The molecule has 2 N–H and O–H groups in total. The summed E-state index contributed by atoms with van der Waals surface area (Å²) in [5, 5.41) is 10.5. The molecule has 0 unspecified atom stereocenters. The molecule has 0 fully saturated rings. The molecule has 0 amide bonds. The quantitative estimate of drug-likeness (QED) is 0.736. The third-order valence-corrected chi connectivity index (χ3v) is 2.84. The smallest absolute Gasteiger partial charge is 0.151 e. The van der Waals surface area contributed by atoms with Gasteiger partial charge in [-0.3, -0.25) is 5.10 Å². The molecular weight excluding hydrogens is 226 g/mol. The fourth-order valence-electron chi connectivity index (χ4n) is 1.94. The summed E-state index contributed by atoms with van der Waals surface area (Å²) >= 11 is 0. The molecule has 0 aliphatic rings. The van der Waals surface area contributed by atoms with Crippen molar-refractivity contribution in [1.82, 2.24) is 10.2 Å². The van der Waals surface area contributed by atoms with Crippen LogP contribution in [0.25, 0.3) is 22.7 Å². The zero-order chi connectivity index (χ0) is 12.4. The number of anilines is 1. The van der Waals surface area contributed by atoms with Gasteiger partial charge in [-0.25, -0.2) is 0 Å². The van der Waals surface area contributed by atoms with Gasteiger partial charge < -0.3 is 9.73 Å². The van der Waals surface area contributed by atoms with E-state index in [9.17, 15) is 0 Å². The Bertz CT molecular complexity index is 641. The van der Waals surface area contributed by atoms with Gasteiger partial charge in [0.25, 0.3) is 0 Å². The number of hydrogen-bond donors (Lipinski definition) is 2. The molecule has 18 heavy (non-hydrogen) atoms. The van der Waals surface area contributed by atoms with Crippen LogP contribution in [0.1, 0.15) is 0 Å². The Morgan fingerprint density at radius 2 is 2.06 bits per heavy atom. The third-order valence-electron chi connectivity index (χ3n) is 2.84. The molecule has 1 aromatic carbocycles. The fraction of sp³-hybridized carbons (Fsp3) is 0.0714. The molecule has 3 aromatic rings. The van der Waals surface area contributed by atoms with Gasteiger partial charge in [0.05, 0.1) is 12.0 Å². The second-order valence-electron chi connectivity index (χ2n) is 3.94. The van der Waals surface area contributed by atoms with E-state index >= 15 is 0 Å². The van der Waals surface area contributed by atoms with Crippen LogP contribution in [0.5, 0.6) is 0 Å². The highest BCUT2D eigenvalue weighted by atomic mass is 16.3. The Morgan fingerprint density at radius 3 is 2.83 bits per heavy atom. The van der Waals surface area contributed by atoms with Crippen molar-refractivity contribution in [3.05, 3.63) is 48.7 Å². The van der Waals surface area contributed by atoms with Gasteiger partial charge in [0.1, 0.15) is 5.69 Å². The van der Waals surface area contributed by atoms with Crippen LogP contribution in [-0.4, -0.2) is 17.2 Å². The molecular formula is C14H13N3O. The number of aromatic nitrogens is 2. The van der Waals surface area contributed by atoms with E-state index in [0.29, 0.717) is 0 Å². The van der Waals surface area contributed by atoms with E-state index in [0.717, 1.165) is 28.4 Å². The maximum atomic E-state index is 5.34. The number of hydrogen-bond acceptors (Lipinski definition) is 3. The molecule has 4 nitrogen and oxygen atoms in total. The van der Waals surface area contributed by atoms with Crippen LogP contribution < -0.4 is 5.32 Å². The minimum atomic E-state index is 0.788. The van der Waals surface area contributed by atoms with Gasteiger partial charge in [-0.1, -0.05) is 18.2 Å². The summed E-state index contributed by atoms with van der Waals surface area (Å²) in [6, 6.07) is 13.8. The van der Waals surface area contributed by atoms with E-state index in [1.165, 1.54) is 0 Å². The van der Waals surface area contributed by atoms with Crippen LogP contribution in [0.15, 0.2) is 53.1 Å². The van der Waals surface area contributed by atoms with E-state index < -0.39 is 0 Å². The van der Waals surface area contributed by atoms with Crippen molar-refractivity contribution in [3.63, 3.8) is 0 Å². The molecule has 0 radical (unpaired) electrons. The molecule has 0 aliphatic heterocycles. The molecule has 0 saturated carbocycles. The van der Waals surface area contributed by atoms with E-state index in [2.05, 4.69) is 15.5 Å². The number of nitrogens with one attached hydrogen (secondary N) is 2. The lowest BCUT2D eigenvalue weighted by Crippen LogP contribution is -1.91. The summed E-state index contributed by atoms with van der Waals surface area (Å²) < 4.78 is 5.34. The van der Waals surface area contributed by atoms with Crippen molar-refractivity contribution >= 4 is 5.69 Å². The molecule has 0 aliphatic carbocycles. The summed E-state index contributed by atoms with van der Waals surface area (Å²) in [7, 11) is 1.90. The lowest BCUT2D eigenvalue weighted by Gasteiger charge is -2.05. The molecule has 0 atom stereocenters.